The summed E-state index contributed by atoms with van der Waals surface area (Å²) in [6.07, 6.45) is 24.1. The maximum absolute atomic E-state index is 14.4. The van der Waals surface area contributed by atoms with E-state index < -0.39 is 24.2 Å². The first-order valence-corrected chi connectivity index (χ1v) is 30.1. The Bertz CT molecular complexity index is 1920. The van der Waals surface area contributed by atoms with E-state index in [-0.39, 0.29) is 47.5 Å². The van der Waals surface area contributed by atoms with Gasteiger partial charge in [-0.05, 0) is 115 Å². The molecule has 14 nitrogen and oxygen atoms in total. The molecule has 4 fully saturated rings. The minimum Gasteiger partial charge on any atom is -0.343 e. The standard InChI is InChI=1S/C62H98N8O6/c1-47(63-3)59(73)65-55(43-51-29-17-11-18-30-51)61(75)69-39-23-33-53(69)45-67(41-37-49-25-13-9-14-26-49)57(71)35-21-7-5-6-8-22-36-58(72)68(42-38-50-27-15-10-16-28-50)46-54-34-24-40-70(54)62(76)56(66-60(74)48(2)64-4)44-52-31-19-12-20-32-52/h9-10,13-16,25-28,47-48,51-56,63-64H,5-8,11-12,17-24,29-46H2,1-4H3,(H,65,73)(H,66,74)/t47-,48-,53-,54-,55-,56-/m0/s1. The van der Waals surface area contributed by atoms with E-state index in [0.29, 0.717) is 76.8 Å². The number of benzene rings is 2. The molecule has 2 saturated carbocycles. The first kappa shape index (κ1) is 60.4. The van der Waals surface area contributed by atoms with E-state index in [1.165, 1.54) is 49.7 Å². The van der Waals surface area contributed by atoms with Gasteiger partial charge in [0.25, 0.3) is 0 Å². The molecular weight excluding hydrogens is 953 g/mol. The minimum absolute atomic E-state index is 0.00872. The predicted molar refractivity (Wildman–Crippen MR) is 303 cm³/mol. The molecule has 2 saturated heterocycles. The van der Waals surface area contributed by atoms with Gasteiger partial charge in [0.1, 0.15) is 12.1 Å². The number of unbranched alkanes of at least 4 members (excludes halogenated alkanes) is 5. The molecule has 6 atom stereocenters. The van der Waals surface area contributed by atoms with Gasteiger partial charge in [-0.1, -0.05) is 151 Å². The fourth-order valence-electron chi connectivity index (χ4n) is 12.4. The Labute approximate surface area is 457 Å². The van der Waals surface area contributed by atoms with Gasteiger partial charge in [-0.25, -0.2) is 0 Å². The number of likely N-dealkylation sites (tertiary alicyclic amines) is 2. The predicted octanol–water partition coefficient (Wildman–Crippen LogP) is 8.36. The number of rotatable bonds is 31. The molecule has 0 bridgehead atoms. The highest BCUT2D eigenvalue weighted by atomic mass is 16.2. The zero-order valence-corrected chi connectivity index (χ0v) is 47.3. The number of likely N-dealkylation sites (N-methyl/N-ethyl adjacent to an activating group) is 2. The number of carbonyl (C=O) groups is 6. The van der Waals surface area contributed by atoms with Crippen LogP contribution in [0.4, 0.5) is 0 Å². The molecule has 2 aromatic rings. The normalized spacial score (nSPS) is 19.9. The van der Waals surface area contributed by atoms with Crippen LogP contribution >= 0.6 is 0 Å². The molecule has 2 aliphatic heterocycles. The molecule has 4 aliphatic rings. The summed E-state index contributed by atoms with van der Waals surface area (Å²) in [5, 5.41) is 12.3. The zero-order chi connectivity index (χ0) is 54.1. The van der Waals surface area contributed by atoms with E-state index in [9.17, 15) is 28.8 Å². The molecule has 76 heavy (non-hydrogen) atoms. The van der Waals surface area contributed by atoms with Crippen molar-refractivity contribution in [2.24, 2.45) is 11.8 Å². The van der Waals surface area contributed by atoms with Crippen molar-refractivity contribution in [1.29, 1.82) is 0 Å². The lowest BCUT2D eigenvalue weighted by Gasteiger charge is -2.35. The Morgan fingerprint density at radius 1 is 0.500 bits per heavy atom. The van der Waals surface area contributed by atoms with Crippen molar-refractivity contribution in [3.63, 3.8) is 0 Å². The van der Waals surface area contributed by atoms with Crippen molar-refractivity contribution in [3.05, 3.63) is 71.8 Å². The second kappa shape index (κ2) is 32.8. The molecule has 0 radical (unpaired) electrons. The lowest BCUT2D eigenvalue weighted by molar-refractivity contribution is -0.140. The van der Waals surface area contributed by atoms with Crippen LogP contribution in [0.2, 0.25) is 0 Å². The molecule has 0 spiro atoms. The summed E-state index contributed by atoms with van der Waals surface area (Å²) < 4.78 is 0. The number of amides is 6. The van der Waals surface area contributed by atoms with Crippen molar-refractivity contribution in [2.75, 3.05) is 53.4 Å². The topological polar surface area (TPSA) is 163 Å². The van der Waals surface area contributed by atoms with Gasteiger partial charge in [0.2, 0.25) is 35.4 Å². The molecule has 0 unspecified atom stereocenters. The second-order valence-electron chi connectivity index (χ2n) is 23.0. The minimum atomic E-state index is -0.569. The van der Waals surface area contributed by atoms with Gasteiger partial charge in [0.05, 0.1) is 12.1 Å². The lowest BCUT2D eigenvalue weighted by Crippen LogP contribution is -2.55. The third-order valence-corrected chi connectivity index (χ3v) is 17.4. The highest BCUT2D eigenvalue weighted by molar-refractivity contribution is 5.91. The van der Waals surface area contributed by atoms with Crippen LogP contribution in [0, 0.1) is 11.8 Å². The highest BCUT2D eigenvalue weighted by Gasteiger charge is 2.39. The zero-order valence-electron chi connectivity index (χ0n) is 47.3. The van der Waals surface area contributed by atoms with Gasteiger partial charge in [-0.3, -0.25) is 28.8 Å². The summed E-state index contributed by atoms with van der Waals surface area (Å²) in [5.74, 6) is 0.765. The number of carbonyl (C=O) groups excluding carboxylic acids is 6. The molecule has 2 heterocycles. The molecule has 14 heteroatoms. The average Bonchev–Trinajstić information content (AvgIpc) is 4.13. The average molecular weight is 1050 g/mol. The van der Waals surface area contributed by atoms with E-state index in [2.05, 4.69) is 45.5 Å². The van der Waals surface area contributed by atoms with Gasteiger partial charge in [0.15, 0.2) is 0 Å². The quantitative estimate of drug-likeness (QED) is 0.0548. The van der Waals surface area contributed by atoms with Gasteiger partial charge >= 0.3 is 0 Å². The Balaban J connectivity index is 0.996. The van der Waals surface area contributed by atoms with Crippen molar-refractivity contribution in [1.82, 2.24) is 40.9 Å². The molecule has 422 valence electrons. The van der Waals surface area contributed by atoms with Gasteiger partial charge in [-0.2, -0.15) is 0 Å². The van der Waals surface area contributed by atoms with Crippen LogP contribution in [-0.2, 0) is 41.6 Å². The van der Waals surface area contributed by atoms with Crippen molar-refractivity contribution < 1.29 is 28.8 Å². The molecular formula is C62H98N8O6. The highest BCUT2D eigenvalue weighted by Crippen LogP contribution is 2.31. The maximum Gasteiger partial charge on any atom is 0.245 e. The molecule has 2 aromatic carbocycles. The molecule has 2 aliphatic carbocycles. The smallest absolute Gasteiger partial charge is 0.245 e. The van der Waals surface area contributed by atoms with E-state index in [1.54, 1.807) is 14.1 Å². The first-order valence-electron chi connectivity index (χ1n) is 30.1. The summed E-state index contributed by atoms with van der Waals surface area (Å²) in [4.78, 5) is 91.5. The van der Waals surface area contributed by atoms with Gasteiger partial charge in [-0.15, -0.1) is 0 Å². The summed E-state index contributed by atoms with van der Waals surface area (Å²) >= 11 is 0. The van der Waals surface area contributed by atoms with Crippen molar-refractivity contribution >= 4 is 35.4 Å². The first-order chi connectivity index (χ1) is 36.9. The number of nitrogens with one attached hydrogen (secondary N) is 4. The number of nitrogens with zero attached hydrogens (tertiary/aromatic N) is 4. The van der Waals surface area contributed by atoms with Gasteiger partial charge in [0, 0.05) is 64.2 Å². The van der Waals surface area contributed by atoms with E-state index in [0.717, 1.165) is 103 Å². The van der Waals surface area contributed by atoms with Crippen LogP contribution in [0.15, 0.2) is 60.7 Å². The SMILES string of the molecule is CN[C@@H](C)C(=O)N[C@@H](CC1CCCCC1)C(=O)N1CCC[C@H]1CN(CCc1ccccc1)C(=O)CCCCCCCCC(=O)N(CCc1ccccc1)C[C@@H]1CCCN1C(=O)[C@H](CC1CCCCC1)NC(=O)[C@H](C)NC. The van der Waals surface area contributed by atoms with Crippen LogP contribution in [0.3, 0.4) is 0 Å². The largest absolute Gasteiger partial charge is 0.343 e. The number of hydrogen-bond donors (Lipinski definition) is 4. The van der Waals surface area contributed by atoms with E-state index >= 15 is 0 Å². The molecule has 0 aromatic heterocycles. The van der Waals surface area contributed by atoms with Crippen LogP contribution in [0.25, 0.3) is 0 Å². The maximum atomic E-state index is 14.4. The Hall–Kier alpha value is -4.82. The monoisotopic (exact) mass is 1050 g/mol. The molecule has 6 rings (SSSR count). The summed E-state index contributed by atoms with van der Waals surface area (Å²) in [7, 11) is 3.52. The van der Waals surface area contributed by atoms with Crippen LogP contribution in [0.5, 0.6) is 0 Å². The van der Waals surface area contributed by atoms with Crippen LogP contribution in [-0.4, -0.2) is 145 Å². The summed E-state index contributed by atoms with van der Waals surface area (Å²) in [6, 6.07) is 18.4. The fourth-order valence-corrected chi connectivity index (χ4v) is 12.4. The van der Waals surface area contributed by atoms with Crippen LogP contribution < -0.4 is 21.3 Å². The van der Waals surface area contributed by atoms with Crippen LogP contribution in [0.1, 0.15) is 179 Å². The second-order valence-corrected chi connectivity index (χ2v) is 23.0. The van der Waals surface area contributed by atoms with Gasteiger partial charge < -0.3 is 40.9 Å². The molecule has 4 N–H and O–H groups in total. The third-order valence-electron chi connectivity index (χ3n) is 17.4. The molecule has 6 amide bonds. The fraction of sp³-hybridized carbons (Fsp3) is 0.710. The third kappa shape index (κ3) is 19.6. The van der Waals surface area contributed by atoms with E-state index in [4.69, 9.17) is 0 Å². The summed E-state index contributed by atoms with van der Waals surface area (Å²) in [6.45, 7) is 7.08. The lowest BCUT2D eigenvalue weighted by atomic mass is 9.84. The number of hydrogen-bond acceptors (Lipinski definition) is 8. The van der Waals surface area contributed by atoms with Crippen molar-refractivity contribution in [2.45, 2.75) is 217 Å². The van der Waals surface area contributed by atoms with Crippen molar-refractivity contribution in [3.8, 4) is 0 Å². The Morgan fingerprint density at radius 3 is 1.24 bits per heavy atom. The Kier molecular flexibility index (Phi) is 26.1. The Morgan fingerprint density at radius 2 is 0.868 bits per heavy atom. The van der Waals surface area contributed by atoms with E-state index in [1.807, 2.05) is 69.8 Å². The summed E-state index contributed by atoms with van der Waals surface area (Å²) in [5.41, 5.74) is 2.36.